The van der Waals surface area contributed by atoms with Gasteiger partial charge in [0.2, 0.25) is 5.91 Å². The van der Waals surface area contributed by atoms with E-state index in [-0.39, 0.29) is 5.91 Å². The van der Waals surface area contributed by atoms with E-state index in [0.717, 1.165) is 30.8 Å². The van der Waals surface area contributed by atoms with Gasteiger partial charge in [-0.3, -0.25) is 4.79 Å². The zero-order chi connectivity index (χ0) is 12.3. The van der Waals surface area contributed by atoms with E-state index in [1.807, 2.05) is 24.3 Å². The normalized spacial score (nSPS) is 14.1. The molecule has 0 atom stereocenters. The van der Waals surface area contributed by atoms with E-state index < -0.39 is 0 Å². The van der Waals surface area contributed by atoms with Crippen LogP contribution >= 0.6 is 12.2 Å². The summed E-state index contributed by atoms with van der Waals surface area (Å²) in [6.07, 6.45) is 1.59. The Morgan fingerprint density at radius 3 is 3.00 bits per heavy atom. The summed E-state index contributed by atoms with van der Waals surface area (Å²) < 4.78 is 0. The first-order valence-electron chi connectivity index (χ1n) is 5.59. The van der Waals surface area contributed by atoms with Crippen LogP contribution in [0.5, 0.6) is 0 Å². The van der Waals surface area contributed by atoms with E-state index in [0.29, 0.717) is 11.5 Å². The van der Waals surface area contributed by atoms with Gasteiger partial charge < -0.3 is 16.0 Å². The third-order valence-electron chi connectivity index (χ3n) is 2.70. The Morgan fingerprint density at radius 2 is 2.24 bits per heavy atom. The van der Waals surface area contributed by atoms with Gasteiger partial charge in [0, 0.05) is 6.54 Å². The topological polar surface area (TPSA) is 58.4 Å². The Labute approximate surface area is 106 Å². The third kappa shape index (κ3) is 2.94. The zero-order valence-electron chi connectivity index (χ0n) is 9.48. The monoisotopic (exact) mass is 249 g/mol. The third-order valence-corrected chi connectivity index (χ3v) is 2.91. The minimum atomic E-state index is 0.0269. The number of thiocarbonyl (C=S) groups is 1. The minimum Gasteiger partial charge on any atom is -0.393 e. The number of para-hydroxylation sites is 2. The largest absolute Gasteiger partial charge is 0.393 e. The highest BCUT2D eigenvalue weighted by Gasteiger charge is 2.20. The maximum absolute atomic E-state index is 11.5. The second-order valence-corrected chi connectivity index (χ2v) is 4.58. The highest BCUT2D eigenvalue weighted by molar-refractivity contribution is 7.80. The number of nitrogens with two attached hydrogens (primary N) is 1. The van der Waals surface area contributed by atoms with Gasteiger partial charge in [-0.1, -0.05) is 24.4 Å². The fraction of sp³-hybridized carbons (Fsp3) is 0.333. The summed E-state index contributed by atoms with van der Waals surface area (Å²) in [4.78, 5) is 14.1. The molecule has 1 heterocycles. The molecule has 1 aromatic carbocycles. The first kappa shape index (κ1) is 11.9. The summed E-state index contributed by atoms with van der Waals surface area (Å²) >= 11 is 4.84. The van der Waals surface area contributed by atoms with Gasteiger partial charge in [-0.15, -0.1) is 0 Å². The lowest BCUT2D eigenvalue weighted by molar-refractivity contribution is -0.115. The van der Waals surface area contributed by atoms with E-state index >= 15 is 0 Å². The van der Waals surface area contributed by atoms with Crippen molar-refractivity contribution >= 4 is 34.5 Å². The molecule has 0 aromatic heterocycles. The molecule has 17 heavy (non-hydrogen) atoms. The van der Waals surface area contributed by atoms with Gasteiger partial charge in [0.15, 0.2) is 0 Å². The fourth-order valence-corrected chi connectivity index (χ4v) is 2.09. The number of carbonyl (C=O) groups excluding carboxylic acids is 1. The summed E-state index contributed by atoms with van der Waals surface area (Å²) in [6.45, 7) is 1.19. The maximum atomic E-state index is 11.5. The number of benzene rings is 1. The number of carbonyl (C=O) groups is 1. The van der Waals surface area contributed by atoms with E-state index in [9.17, 15) is 4.79 Å². The summed E-state index contributed by atoms with van der Waals surface area (Å²) in [5.74, 6) is 0.0269. The molecule has 0 saturated carbocycles. The molecule has 3 N–H and O–H groups in total. The number of amides is 1. The summed E-state index contributed by atoms with van der Waals surface area (Å²) in [6, 6.07) is 7.80. The first-order valence-corrected chi connectivity index (χ1v) is 6.00. The van der Waals surface area contributed by atoms with Gasteiger partial charge in [0.25, 0.3) is 0 Å². The molecule has 0 radical (unpaired) electrons. The predicted molar refractivity (Wildman–Crippen MR) is 73.3 cm³/mol. The Bertz CT molecular complexity index is 447. The quantitative estimate of drug-likeness (QED) is 0.794. The molecule has 0 unspecified atom stereocenters. The van der Waals surface area contributed by atoms with E-state index in [1.165, 1.54) is 0 Å². The number of nitrogens with one attached hydrogen (secondary N) is 1. The number of hydrogen-bond donors (Lipinski definition) is 2. The van der Waals surface area contributed by atoms with E-state index in [4.69, 9.17) is 18.0 Å². The standard InChI is InChI=1S/C12H15N3OS/c13-11(17)6-3-7-15-8-12(16)14-9-4-1-2-5-10(9)15/h1-2,4-5H,3,6-8H2,(H2,13,17)(H,14,16). The molecule has 1 aliphatic heterocycles. The SMILES string of the molecule is NC(=S)CCCN1CC(=O)Nc2ccccc21. The van der Waals surface area contributed by atoms with Crippen LogP contribution in [-0.2, 0) is 4.79 Å². The van der Waals surface area contributed by atoms with Crippen molar-refractivity contribution in [2.24, 2.45) is 5.73 Å². The fourth-order valence-electron chi connectivity index (χ4n) is 1.95. The summed E-state index contributed by atoms with van der Waals surface area (Å²) in [5.41, 5.74) is 7.40. The van der Waals surface area contributed by atoms with Gasteiger partial charge in [-0.05, 0) is 25.0 Å². The Balaban J connectivity index is 2.07. The molecule has 0 bridgehead atoms. The predicted octanol–water partition coefficient (Wildman–Crippen LogP) is 1.51. The van der Waals surface area contributed by atoms with Crippen LogP contribution in [0.15, 0.2) is 24.3 Å². The molecule has 2 rings (SSSR count). The molecule has 0 fully saturated rings. The number of nitrogens with zero attached hydrogens (tertiary/aromatic N) is 1. The highest BCUT2D eigenvalue weighted by atomic mass is 32.1. The summed E-state index contributed by atoms with van der Waals surface area (Å²) in [5, 5.41) is 2.86. The molecule has 0 spiro atoms. The molecule has 0 saturated heterocycles. The van der Waals surface area contributed by atoms with Gasteiger partial charge in [0.05, 0.1) is 22.9 Å². The Morgan fingerprint density at radius 1 is 1.47 bits per heavy atom. The van der Waals surface area contributed by atoms with Gasteiger partial charge in [0.1, 0.15) is 0 Å². The van der Waals surface area contributed by atoms with Crippen molar-refractivity contribution in [3.05, 3.63) is 24.3 Å². The van der Waals surface area contributed by atoms with Crippen LogP contribution in [0.25, 0.3) is 0 Å². The van der Waals surface area contributed by atoms with Gasteiger partial charge in [-0.25, -0.2) is 0 Å². The molecule has 1 aliphatic rings. The van der Waals surface area contributed by atoms with Gasteiger partial charge >= 0.3 is 0 Å². The van der Waals surface area contributed by atoms with Crippen LogP contribution in [0.3, 0.4) is 0 Å². The van der Waals surface area contributed by atoms with Crippen LogP contribution < -0.4 is 16.0 Å². The van der Waals surface area contributed by atoms with Crippen LogP contribution in [0.2, 0.25) is 0 Å². The zero-order valence-corrected chi connectivity index (χ0v) is 10.3. The van der Waals surface area contributed by atoms with Crippen molar-refractivity contribution in [1.29, 1.82) is 0 Å². The van der Waals surface area contributed by atoms with Crippen molar-refractivity contribution in [1.82, 2.24) is 0 Å². The Hall–Kier alpha value is -1.62. The molecule has 4 nitrogen and oxygen atoms in total. The number of hydrogen-bond acceptors (Lipinski definition) is 3. The van der Waals surface area contributed by atoms with Crippen LogP contribution in [-0.4, -0.2) is 24.0 Å². The van der Waals surface area contributed by atoms with E-state index in [2.05, 4.69) is 10.2 Å². The van der Waals surface area contributed by atoms with Crippen molar-refractivity contribution in [3.8, 4) is 0 Å². The second-order valence-electron chi connectivity index (χ2n) is 4.06. The molecule has 0 aliphatic carbocycles. The lowest BCUT2D eigenvalue weighted by Crippen LogP contribution is -2.38. The van der Waals surface area contributed by atoms with Crippen molar-refractivity contribution in [2.75, 3.05) is 23.3 Å². The minimum absolute atomic E-state index is 0.0269. The lowest BCUT2D eigenvalue weighted by atomic mass is 10.1. The van der Waals surface area contributed by atoms with Crippen LogP contribution in [0.4, 0.5) is 11.4 Å². The molecular formula is C12H15N3OS. The molecular weight excluding hydrogens is 234 g/mol. The number of fused-ring (bicyclic) bond motifs is 1. The molecule has 1 amide bonds. The molecule has 1 aromatic rings. The smallest absolute Gasteiger partial charge is 0.243 e. The van der Waals surface area contributed by atoms with Crippen LogP contribution in [0.1, 0.15) is 12.8 Å². The first-order chi connectivity index (χ1) is 8.16. The number of rotatable bonds is 4. The Kier molecular flexibility index (Phi) is 3.58. The molecule has 90 valence electrons. The highest BCUT2D eigenvalue weighted by Crippen LogP contribution is 2.28. The summed E-state index contributed by atoms with van der Waals surface area (Å²) in [7, 11) is 0. The van der Waals surface area contributed by atoms with Gasteiger partial charge in [-0.2, -0.15) is 0 Å². The molecule has 5 heteroatoms. The average Bonchev–Trinajstić information content (AvgIpc) is 2.28. The lowest BCUT2D eigenvalue weighted by Gasteiger charge is -2.30. The van der Waals surface area contributed by atoms with Crippen molar-refractivity contribution in [3.63, 3.8) is 0 Å². The van der Waals surface area contributed by atoms with Crippen LogP contribution in [0, 0.1) is 0 Å². The maximum Gasteiger partial charge on any atom is 0.243 e. The number of anilines is 2. The second kappa shape index (κ2) is 5.14. The van der Waals surface area contributed by atoms with Crippen molar-refractivity contribution < 1.29 is 4.79 Å². The van der Waals surface area contributed by atoms with E-state index in [1.54, 1.807) is 0 Å². The average molecular weight is 249 g/mol. The van der Waals surface area contributed by atoms with Crippen molar-refractivity contribution in [2.45, 2.75) is 12.8 Å².